The third-order valence-corrected chi connectivity index (χ3v) is 3.76. The van der Waals surface area contributed by atoms with Crippen molar-refractivity contribution in [3.8, 4) is 0 Å². The number of aromatic nitrogens is 2. The van der Waals surface area contributed by atoms with Crippen molar-refractivity contribution in [1.29, 1.82) is 0 Å². The predicted octanol–water partition coefficient (Wildman–Crippen LogP) is 3.91. The van der Waals surface area contributed by atoms with Crippen LogP contribution in [0.1, 0.15) is 44.9 Å². The summed E-state index contributed by atoms with van der Waals surface area (Å²) < 4.78 is 1.74. The Morgan fingerprint density at radius 3 is 2.37 bits per heavy atom. The maximum Gasteiger partial charge on any atom is 0.261 e. The Morgan fingerprint density at radius 2 is 1.79 bits per heavy atom. The minimum atomic E-state index is -0.293. The largest absolute Gasteiger partial charge is 0.292 e. The summed E-state index contributed by atoms with van der Waals surface area (Å²) in [6.45, 7) is 8.07. The second kappa shape index (κ2) is 5.33. The molecule has 4 heteroatoms. The van der Waals surface area contributed by atoms with Crippen LogP contribution in [-0.2, 0) is 0 Å². The van der Waals surface area contributed by atoms with Crippen molar-refractivity contribution >= 4 is 22.5 Å². The molecule has 2 unspecified atom stereocenters. The molecule has 102 valence electrons. The highest BCUT2D eigenvalue weighted by atomic mass is 35.5. The molecule has 0 saturated carbocycles. The first-order valence-corrected chi connectivity index (χ1v) is 7.02. The zero-order valence-corrected chi connectivity index (χ0v) is 12.5. The van der Waals surface area contributed by atoms with Crippen LogP contribution in [0, 0.1) is 5.92 Å². The van der Waals surface area contributed by atoms with Crippen LogP contribution in [0.2, 0.25) is 0 Å². The van der Waals surface area contributed by atoms with Gasteiger partial charge in [0.1, 0.15) is 5.82 Å². The van der Waals surface area contributed by atoms with Crippen LogP contribution in [0.3, 0.4) is 0 Å². The van der Waals surface area contributed by atoms with E-state index in [1.807, 2.05) is 38.1 Å². The van der Waals surface area contributed by atoms with Gasteiger partial charge in [0.15, 0.2) is 0 Å². The van der Waals surface area contributed by atoms with Crippen LogP contribution in [-0.4, -0.2) is 9.55 Å². The fourth-order valence-electron chi connectivity index (χ4n) is 2.14. The van der Waals surface area contributed by atoms with Gasteiger partial charge in [-0.1, -0.05) is 26.0 Å². The van der Waals surface area contributed by atoms with Crippen LogP contribution in [0.4, 0.5) is 0 Å². The first-order chi connectivity index (χ1) is 8.93. The van der Waals surface area contributed by atoms with Crippen molar-refractivity contribution < 1.29 is 0 Å². The SMILES string of the molecule is CC(Cl)c1nc2ccccc2c(=O)n1C(C)C(C)C. The first-order valence-electron chi connectivity index (χ1n) is 6.58. The number of rotatable bonds is 3. The molecule has 2 rings (SSSR count). The zero-order valence-electron chi connectivity index (χ0n) is 11.7. The van der Waals surface area contributed by atoms with Gasteiger partial charge in [-0.15, -0.1) is 11.6 Å². The van der Waals surface area contributed by atoms with E-state index in [0.29, 0.717) is 22.6 Å². The normalized spacial score (nSPS) is 14.8. The molecule has 1 heterocycles. The number of hydrogen-bond acceptors (Lipinski definition) is 2. The van der Waals surface area contributed by atoms with Gasteiger partial charge in [0, 0.05) is 6.04 Å². The van der Waals surface area contributed by atoms with Gasteiger partial charge in [-0.2, -0.15) is 0 Å². The van der Waals surface area contributed by atoms with E-state index in [9.17, 15) is 4.79 Å². The minimum absolute atomic E-state index is 0.00528. The van der Waals surface area contributed by atoms with Crippen molar-refractivity contribution in [2.24, 2.45) is 5.92 Å². The fourth-order valence-corrected chi connectivity index (χ4v) is 2.29. The summed E-state index contributed by atoms with van der Waals surface area (Å²) in [7, 11) is 0. The van der Waals surface area contributed by atoms with Crippen molar-refractivity contribution in [3.63, 3.8) is 0 Å². The van der Waals surface area contributed by atoms with Crippen molar-refractivity contribution in [3.05, 3.63) is 40.4 Å². The average molecular weight is 279 g/mol. The van der Waals surface area contributed by atoms with Gasteiger partial charge in [-0.25, -0.2) is 4.98 Å². The Kier molecular flexibility index (Phi) is 3.95. The molecule has 1 aromatic heterocycles. The van der Waals surface area contributed by atoms with E-state index >= 15 is 0 Å². The summed E-state index contributed by atoms with van der Waals surface area (Å²) in [5.41, 5.74) is 0.705. The van der Waals surface area contributed by atoms with Crippen LogP contribution in [0.25, 0.3) is 10.9 Å². The average Bonchev–Trinajstić information content (AvgIpc) is 2.37. The van der Waals surface area contributed by atoms with Gasteiger partial charge in [-0.3, -0.25) is 9.36 Å². The summed E-state index contributed by atoms with van der Waals surface area (Å²) >= 11 is 6.21. The summed E-state index contributed by atoms with van der Waals surface area (Å²) in [5, 5.41) is 0.356. The van der Waals surface area contributed by atoms with Gasteiger partial charge in [-0.05, 0) is 31.9 Å². The molecule has 2 atom stereocenters. The van der Waals surface area contributed by atoms with Gasteiger partial charge in [0.05, 0.1) is 16.3 Å². The van der Waals surface area contributed by atoms with Gasteiger partial charge in [0.25, 0.3) is 5.56 Å². The molecular weight excluding hydrogens is 260 g/mol. The summed E-state index contributed by atoms with van der Waals surface area (Å²) in [5.74, 6) is 0.987. The molecule has 0 bridgehead atoms. The van der Waals surface area contributed by atoms with Crippen LogP contribution < -0.4 is 5.56 Å². The van der Waals surface area contributed by atoms with Crippen LogP contribution in [0.15, 0.2) is 29.1 Å². The Morgan fingerprint density at radius 1 is 1.16 bits per heavy atom. The smallest absolute Gasteiger partial charge is 0.261 e. The van der Waals surface area contributed by atoms with Gasteiger partial charge >= 0.3 is 0 Å². The molecule has 0 N–H and O–H groups in total. The topological polar surface area (TPSA) is 34.9 Å². The number of para-hydroxylation sites is 1. The molecule has 0 aliphatic carbocycles. The molecule has 19 heavy (non-hydrogen) atoms. The summed E-state index contributed by atoms with van der Waals surface area (Å²) in [6, 6.07) is 7.48. The highest BCUT2D eigenvalue weighted by molar-refractivity contribution is 6.20. The number of benzene rings is 1. The fraction of sp³-hybridized carbons (Fsp3) is 0.467. The van der Waals surface area contributed by atoms with Gasteiger partial charge in [0.2, 0.25) is 0 Å². The molecular formula is C15H19ClN2O. The number of alkyl halides is 1. The highest BCUT2D eigenvalue weighted by Crippen LogP contribution is 2.24. The molecule has 0 radical (unpaired) electrons. The van der Waals surface area contributed by atoms with Crippen LogP contribution >= 0.6 is 11.6 Å². The standard InChI is InChI=1S/C15H19ClN2O/c1-9(2)11(4)18-14(10(3)16)17-13-8-6-5-7-12(13)15(18)19/h5-11H,1-4H3. The highest BCUT2D eigenvalue weighted by Gasteiger charge is 2.20. The van der Waals surface area contributed by atoms with E-state index in [1.54, 1.807) is 4.57 Å². The van der Waals surface area contributed by atoms with E-state index in [1.165, 1.54) is 0 Å². The number of hydrogen-bond donors (Lipinski definition) is 0. The van der Waals surface area contributed by atoms with E-state index in [-0.39, 0.29) is 17.0 Å². The van der Waals surface area contributed by atoms with Crippen LogP contribution in [0.5, 0.6) is 0 Å². The second-order valence-corrected chi connectivity index (χ2v) is 5.92. The Hall–Kier alpha value is -1.35. The Bertz CT molecular complexity index is 646. The Labute approximate surface area is 118 Å². The summed E-state index contributed by atoms with van der Waals surface area (Å²) in [4.78, 5) is 17.2. The number of halogens is 1. The zero-order chi connectivity index (χ0) is 14.2. The molecule has 0 spiro atoms. The van der Waals surface area contributed by atoms with E-state index in [0.717, 1.165) is 0 Å². The minimum Gasteiger partial charge on any atom is -0.292 e. The first kappa shape index (κ1) is 14.1. The number of fused-ring (bicyclic) bond motifs is 1. The Balaban J connectivity index is 2.82. The lowest BCUT2D eigenvalue weighted by Crippen LogP contribution is -2.30. The maximum absolute atomic E-state index is 12.7. The molecule has 2 aromatic rings. The lowest BCUT2D eigenvalue weighted by molar-refractivity contribution is 0.384. The monoisotopic (exact) mass is 278 g/mol. The third-order valence-electron chi connectivity index (χ3n) is 3.56. The van der Waals surface area contributed by atoms with E-state index < -0.39 is 0 Å². The van der Waals surface area contributed by atoms with Gasteiger partial charge < -0.3 is 0 Å². The molecule has 0 aliphatic heterocycles. The third kappa shape index (κ3) is 2.52. The number of nitrogens with zero attached hydrogens (tertiary/aromatic N) is 2. The quantitative estimate of drug-likeness (QED) is 0.798. The van der Waals surface area contributed by atoms with Crippen molar-refractivity contribution in [2.45, 2.75) is 39.1 Å². The predicted molar refractivity (Wildman–Crippen MR) is 79.8 cm³/mol. The molecule has 1 aromatic carbocycles. The molecule has 0 fully saturated rings. The van der Waals surface area contributed by atoms with Crippen molar-refractivity contribution in [1.82, 2.24) is 9.55 Å². The molecule has 0 saturated heterocycles. The van der Waals surface area contributed by atoms with E-state index in [2.05, 4.69) is 18.8 Å². The maximum atomic E-state index is 12.7. The van der Waals surface area contributed by atoms with Crippen molar-refractivity contribution in [2.75, 3.05) is 0 Å². The molecule has 3 nitrogen and oxygen atoms in total. The lowest BCUT2D eigenvalue weighted by atomic mass is 10.1. The lowest BCUT2D eigenvalue weighted by Gasteiger charge is -2.23. The molecule has 0 amide bonds. The second-order valence-electron chi connectivity index (χ2n) is 5.26. The van der Waals surface area contributed by atoms with E-state index in [4.69, 9.17) is 11.6 Å². The molecule has 0 aliphatic rings. The summed E-state index contributed by atoms with van der Waals surface area (Å²) in [6.07, 6.45) is 0.